The number of carbonyl (C=O) groups is 1. The molecule has 0 unspecified atom stereocenters. The second-order valence-electron chi connectivity index (χ2n) is 8.06. The van der Waals surface area contributed by atoms with Crippen molar-refractivity contribution < 1.29 is 9.53 Å². The number of carbonyl (C=O) groups excluding carboxylic acids is 1. The molecular weight excluding hydrogens is 390 g/mol. The summed E-state index contributed by atoms with van der Waals surface area (Å²) in [6, 6.07) is 10.0. The Kier molecular flexibility index (Phi) is 5.19. The Morgan fingerprint density at radius 1 is 1.06 bits per heavy atom. The molecule has 1 amide bonds. The fraction of sp³-hybridized carbons (Fsp3) is 0.375. The maximum atomic E-state index is 12.9. The van der Waals surface area contributed by atoms with Gasteiger partial charge in [-0.05, 0) is 24.8 Å². The summed E-state index contributed by atoms with van der Waals surface area (Å²) in [6.45, 7) is 3.87. The predicted octanol–water partition coefficient (Wildman–Crippen LogP) is 3.20. The van der Waals surface area contributed by atoms with Crippen molar-refractivity contribution >= 4 is 5.91 Å². The molecule has 158 valence electrons. The average molecular weight is 415 g/mol. The number of hydrogen-bond donors (Lipinski definition) is 0. The van der Waals surface area contributed by atoms with Crippen molar-refractivity contribution in [2.75, 3.05) is 19.7 Å². The van der Waals surface area contributed by atoms with Crippen LogP contribution in [0.3, 0.4) is 0 Å². The quantitative estimate of drug-likeness (QED) is 0.653. The Morgan fingerprint density at radius 2 is 1.81 bits per heavy atom. The summed E-state index contributed by atoms with van der Waals surface area (Å²) in [5.74, 6) is 1.44. The van der Waals surface area contributed by atoms with Crippen LogP contribution in [0.25, 0.3) is 11.4 Å². The minimum Gasteiger partial charge on any atom is -0.368 e. The van der Waals surface area contributed by atoms with Gasteiger partial charge in [-0.1, -0.05) is 37.3 Å². The van der Waals surface area contributed by atoms with E-state index in [9.17, 15) is 4.79 Å². The van der Waals surface area contributed by atoms with Gasteiger partial charge in [0.2, 0.25) is 0 Å². The number of benzene rings is 1. The number of rotatable bonds is 3. The third-order valence-corrected chi connectivity index (χ3v) is 6.20. The second kappa shape index (κ2) is 8.15. The highest BCUT2D eigenvalue weighted by Crippen LogP contribution is 2.41. The Bertz CT molecular complexity index is 1080. The van der Waals surface area contributed by atoms with E-state index >= 15 is 0 Å². The van der Waals surface area contributed by atoms with Gasteiger partial charge in [-0.25, -0.2) is 19.9 Å². The lowest BCUT2D eigenvalue weighted by atomic mass is 9.83. The SMILES string of the molecule is CCc1ncc(C(=O)N2CCC3(CC2)OCCc2cnc(-c4ccccc4)nc23)cn1. The number of piperidine rings is 1. The van der Waals surface area contributed by atoms with Crippen molar-refractivity contribution in [2.45, 2.75) is 38.2 Å². The highest BCUT2D eigenvalue weighted by Gasteiger charge is 2.43. The molecule has 0 bridgehead atoms. The van der Waals surface area contributed by atoms with Crippen LogP contribution in [0.15, 0.2) is 48.9 Å². The van der Waals surface area contributed by atoms with E-state index in [0.717, 1.165) is 41.3 Å². The number of hydrogen-bond acceptors (Lipinski definition) is 6. The van der Waals surface area contributed by atoms with Gasteiger partial charge >= 0.3 is 0 Å². The van der Waals surface area contributed by atoms with Crippen molar-refractivity contribution in [1.82, 2.24) is 24.8 Å². The van der Waals surface area contributed by atoms with Gasteiger partial charge in [-0.3, -0.25) is 4.79 Å². The van der Waals surface area contributed by atoms with Crippen LogP contribution in [0.4, 0.5) is 0 Å². The van der Waals surface area contributed by atoms with Crippen LogP contribution in [0, 0.1) is 0 Å². The third-order valence-electron chi connectivity index (χ3n) is 6.20. The number of nitrogens with zero attached hydrogens (tertiary/aromatic N) is 5. The molecule has 0 N–H and O–H groups in total. The van der Waals surface area contributed by atoms with Crippen LogP contribution in [0.2, 0.25) is 0 Å². The minimum absolute atomic E-state index is 0.0267. The molecule has 2 aliphatic rings. The maximum absolute atomic E-state index is 12.9. The zero-order valence-electron chi connectivity index (χ0n) is 17.6. The summed E-state index contributed by atoms with van der Waals surface area (Å²) >= 11 is 0. The summed E-state index contributed by atoms with van der Waals surface area (Å²) in [4.78, 5) is 32.9. The van der Waals surface area contributed by atoms with Crippen molar-refractivity contribution in [3.8, 4) is 11.4 Å². The highest BCUT2D eigenvalue weighted by molar-refractivity contribution is 5.93. The van der Waals surface area contributed by atoms with Gasteiger partial charge in [0.05, 0.1) is 17.9 Å². The van der Waals surface area contributed by atoms with Gasteiger partial charge in [0.25, 0.3) is 5.91 Å². The second-order valence-corrected chi connectivity index (χ2v) is 8.06. The van der Waals surface area contributed by atoms with E-state index in [2.05, 4.69) is 15.0 Å². The molecule has 0 aliphatic carbocycles. The van der Waals surface area contributed by atoms with E-state index in [4.69, 9.17) is 9.72 Å². The van der Waals surface area contributed by atoms with Crippen LogP contribution < -0.4 is 0 Å². The summed E-state index contributed by atoms with van der Waals surface area (Å²) in [7, 11) is 0. The summed E-state index contributed by atoms with van der Waals surface area (Å²) in [5, 5.41) is 0. The number of likely N-dealkylation sites (tertiary alicyclic amines) is 1. The normalized spacial score (nSPS) is 17.4. The summed E-state index contributed by atoms with van der Waals surface area (Å²) in [6.07, 6.45) is 8.20. The molecule has 4 heterocycles. The van der Waals surface area contributed by atoms with E-state index in [1.807, 2.05) is 48.4 Å². The molecule has 3 aromatic rings. The molecule has 1 fully saturated rings. The number of aryl methyl sites for hydroxylation is 1. The van der Waals surface area contributed by atoms with Gasteiger partial charge in [-0.15, -0.1) is 0 Å². The zero-order chi connectivity index (χ0) is 21.3. The van der Waals surface area contributed by atoms with E-state index in [1.54, 1.807) is 12.4 Å². The number of aromatic nitrogens is 4. The van der Waals surface area contributed by atoms with Crippen LogP contribution >= 0.6 is 0 Å². The van der Waals surface area contributed by atoms with Crippen LogP contribution in [-0.2, 0) is 23.2 Å². The minimum atomic E-state index is -0.459. The van der Waals surface area contributed by atoms with Crippen molar-refractivity contribution in [3.63, 3.8) is 0 Å². The molecule has 1 saturated heterocycles. The lowest BCUT2D eigenvalue weighted by molar-refractivity contribution is -0.0967. The number of fused-ring (bicyclic) bond motifs is 2. The third kappa shape index (κ3) is 3.70. The standard InChI is InChI=1S/C24H25N5O2/c1-2-20-25-15-19(16-26-20)23(30)29-11-9-24(10-12-29)21-18(8-13-31-24)14-27-22(28-21)17-6-4-3-5-7-17/h3-7,14-16H,2,8-13H2,1H3. The lowest BCUT2D eigenvalue weighted by Gasteiger charge is -2.44. The molecule has 7 nitrogen and oxygen atoms in total. The van der Waals surface area contributed by atoms with Crippen LogP contribution in [0.5, 0.6) is 0 Å². The highest BCUT2D eigenvalue weighted by atomic mass is 16.5. The first-order chi connectivity index (χ1) is 15.2. The maximum Gasteiger partial charge on any atom is 0.256 e. The van der Waals surface area contributed by atoms with Gasteiger partial charge < -0.3 is 9.64 Å². The van der Waals surface area contributed by atoms with Crippen LogP contribution in [0.1, 0.15) is 47.2 Å². The number of amides is 1. The van der Waals surface area contributed by atoms with Gasteiger partial charge in [-0.2, -0.15) is 0 Å². The fourth-order valence-electron chi connectivity index (χ4n) is 4.42. The Labute approximate surface area is 181 Å². The fourth-order valence-corrected chi connectivity index (χ4v) is 4.42. The zero-order valence-corrected chi connectivity index (χ0v) is 17.6. The van der Waals surface area contributed by atoms with E-state index < -0.39 is 5.60 Å². The first-order valence-corrected chi connectivity index (χ1v) is 10.8. The molecule has 0 saturated carbocycles. The Hall–Kier alpha value is -3.19. The van der Waals surface area contributed by atoms with Crippen molar-refractivity contribution in [1.29, 1.82) is 0 Å². The monoisotopic (exact) mass is 415 g/mol. The Balaban J connectivity index is 1.37. The molecular formula is C24H25N5O2. The summed E-state index contributed by atoms with van der Waals surface area (Å²) < 4.78 is 6.33. The lowest BCUT2D eigenvalue weighted by Crippen LogP contribution is -2.49. The van der Waals surface area contributed by atoms with E-state index in [0.29, 0.717) is 38.1 Å². The van der Waals surface area contributed by atoms with Crippen molar-refractivity contribution in [2.24, 2.45) is 0 Å². The Morgan fingerprint density at radius 3 is 2.52 bits per heavy atom. The van der Waals surface area contributed by atoms with Gasteiger partial charge in [0.1, 0.15) is 11.4 Å². The van der Waals surface area contributed by atoms with Gasteiger partial charge in [0.15, 0.2) is 5.82 Å². The first-order valence-electron chi connectivity index (χ1n) is 10.8. The van der Waals surface area contributed by atoms with Gasteiger partial charge in [0, 0.05) is 43.7 Å². The molecule has 5 rings (SSSR count). The van der Waals surface area contributed by atoms with E-state index in [1.165, 1.54) is 0 Å². The first kappa shape index (κ1) is 19.8. The molecule has 0 radical (unpaired) electrons. The molecule has 2 aromatic heterocycles. The molecule has 7 heteroatoms. The molecule has 31 heavy (non-hydrogen) atoms. The largest absolute Gasteiger partial charge is 0.368 e. The smallest absolute Gasteiger partial charge is 0.256 e. The van der Waals surface area contributed by atoms with Crippen LogP contribution in [-0.4, -0.2) is 50.4 Å². The number of ether oxygens (including phenoxy) is 1. The predicted molar refractivity (Wildman–Crippen MR) is 115 cm³/mol. The van der Waals surface area contributed by atoms with Crippen molar-refractivity contribution in [3.05, 3.63) is 71.6 Å². The van der Waals surface area contributed by atoms with E-state index in [-0.39, 0.29) is 5.91 Å². The topological polar surface area (TPSA) is 81.1 Å². The molecule has 0 atom stereocenters. The molecule has 2 aliphatic heterocycles. The summed E-state index contributed by atoms with van der Waals surface area (Å²) in [5.41, 5.74) is 3.20. The molecule has 1 spiro atoms. The molecule has 1 aromatic carbocycles. The average Bonchev–Trinajstić information content (AvgIpc) is 2.85.